The Balaban J connectivity index is 0.000000182. The van der Waals surface area contributed by atoms with Crippen LogP contribution in [0.5, 0.6) is 22.1 Å². The number of carboxylic acids is 2. The van der Waals surface area contributed by atoms with E-state index in [-0.39, 0.29) is 144 Å². The molecular formula is C58H44F10N10O8S2. The average Bonchev–Trinajstić information content (AvgIpc) is 1.79. The lowest BCUT2D eigenvalue weighted by molar-refractivity contribution is 0.0512. The van der Waals surface area contributed by atoms with Crippen molar-refractivity contribution in [2.75, 3.05) is 14.2 Å². The molecule has 2 N–H and O–H groups in total. The molecule has 0 amide bonds. The lowest BCUT2D eigenvalue weighted by Gasteiger charge is -2.18. The van der Waals surface area contributed by atoms with E-state index >= 15 is 17.6 Å². The monoisotopic (exact) mass is 1260 g/mol. The number of halogens is 10. The number of carbonyl (C=O) groups is 2. The molecule has 0 unspecified atom stereocenters. The van der Waals surface area contributed by atoms with Gasteiger partial charge in [0.1, 0.15) is 59.2 Å². The van der Waals surface area contributed by atoms with E-state index in [1.54, 1.807) is 12.1 Å². The van der Waals surface area contributed by atoms with E-state index in [1.165, 1.54) is 70.3 Å². The van der Waals surface area contributed by atoms with Gasteiger partial charge in [-0.15, -0.1) is 10.2 Å². The summed E-state index contributed by atoms with van der Waals surface area (Å²) in [5.74, 6) is -7.86. The number of carboxylic acid groups (broad SMARTS) is 2. The van der Waals surface area contributed by atoms with E-state index in [4.69, 9.17) is 18.9 Å². The molecule has 0 radical (unpaired) electrons. The summed E-state index contributed by atoms with van der Waals surface area (Å²) >= 11 is 2.35. The number of hydrogen-bond acceptors (Lipinski definition) is 16. The molecule has 6 heterocycles. The molecule has 88 heavy (non-hydrogen) atoms. The van der Waals surface area contributed by atoms with Crippen LogP contribution in [0, 0.1) is 45.7 Å². The number of imidazole rings is 2. The van der Waals surface area contributed by atoms with Gasteiger partial charge >= 0.3 is 11.9 Å². The lowest BCUT2D eigenvalue weighted by atomic mass is 10.0. The van der Waals surface area contributed by atoms with Crippen molar-refractivity contribution >= 4 is 56.7 Å². The second kappa shape index (κ2) is 24.4. The third kappa shape index (κ3) is 12.6. The number of rotatable bonds is 22. The maximum Gasteiger partial charge on any atom is 0.335 e. The summed E-state index contributed by atoms with van der Waals surface area (Å²) in [6, 6.07) is 16.7. The molecule has 0 bridgehead atoms. The second-order valence-corrected chi connectivity index (χ2v) is 22.7. The van der Waals surface area contributed by atoms with Crippen LogP contribution in [0.4, 0.5) is 43.9 Å². The van der Waals surface area contributed by atoms with Crippen LogP contribution in [0.25, 0.3) is 44.6 Å². The number of nitrogens with zero attached hydrogens (tertiary/aromatic N) is 10. The van der Waals surface area contributed by atoms with Gasteiger partial charge in [-0.2, -0.15) is 0 Å². The largest absolute Gasteiger partial charge is 0.478 e. The normalized spacial score (nSPS) is 13.9. The quantitative estimate of drug-likeness (QED) is 0.0602. The number of alkyl halides is 4. The van der Waals surface area contributed by atoms with Crippen molar-refractivity contribution in [3.8, 4) is 44.7 Å². The summed E-state index contributed by atoms with van der Waals surface area (Å²) in [5.41, 5.74) is -4.59. The van der Waals surface area contributed by atoms with Crippen molar-refractivity contribution in [3.05, 3.63) is 164 Å². The van der Waals surface area contributed by atoms with Crippen molar-refractivity contribution < 1.29 is 82.7 Å². The van der Waals surface area contributed by atoms with Gasteiger partial charge in [-0.3, -0.25) is 0 Å². The standard InChI is InChI=1S/2C29H22F5N5O4S/c2*1-42-28-38-37-24(44-28)12-43-23-4-2-3-20(35-23)16-11-17(30)14(7-18(16)31)10-22-36-25-19(32)8-15(26(40)41)9-21(25)39(22)13-29(5-6-29)27(33)34/h2*2-4,7-9,11,27H,5-6,10,12-13H2,1H3,(H,40,41). The van der Waals surface area contributed by atoms with Crippen molar-refractivity contribution in [2.45, 2.75) is 77.7 Å². The van der Waals surface area contributed by atoms with E-state index in [9.17, 15) is 46.1 Å². The fraction of sp³-hybridized carbons (Fsp3) is 0.276. The molecule has 10 aromatic rings. The first-order valence-corrected chi connectivity index (χ1v) is 28.1. The Morgan fingerprint density at radius 1 is 0.534 bits per heavy atom. The van der Waals surface area contributed by atoms with Crippen LogP contribution >= 0.6 is 22.7 Å². The maximum absolute atomic E-state index is 15.5. The minimum atomic E-state index is -2.69. The van der Waals surface area contributed by atoms with Crippen molar-refractivity contribution in [3.63, 3.8) is 0 Å². The molecule has 2 aliphatic rings. The van der Waals surface area contributed by atoms with E-state index in [1.807, 2.05) is 0 Å². The Kier molecular flexibility index (Phi) is 16.8. The molecule has 30 heteroatoms. The maximum atomic E-state index is 15.5. The molecule has 0 saturated heterocycles. The van der Waals surface area contributed by atoms with Crippen LogP contribution in [0.3, 0.4) is 0 Å². The minimum Gasteiger partial charge on any atom is -0.478 e. The molecule has 6 aromatic heterocycles. The predicted octanol–water partition coefficient (Wildman–Crippen LogP) is 12.6. The molecule has 2 fully saturated rings. The zero-order valence-corrected chi connectivity index (χ0v) is 47.4. The zero-order chi connectivity index (χ0) is 62.3. The summed E-state index contributed by atoms with van der Waals surface area (Å²) in [6.07, 6.45) is -5.33. The van der Waals surface area contributed by atoms with Crippen LogP contribution in [0.1, 0.15) is 79.2 Å². The summed E-state index contributed by atoms with van der Waals surface area (Å²) in [6.45, 7) is -0.533. The Morgan fingerprint density at radius 2 is 0.932 bits per heavy atom. The van der Waals surface area contributed by atoms with Gasteiger partial charge in [0, 0.05) is 60.0 Å². The average molecular weight is 1260 g/mol. The van der Waals surface area contributed by atoms with Crippen LogP contribution < -0.4 is 18.9 Å². The first kappa shape index (κ1) is 60.4. The molecule has 0 atom stereocenters. The van der Waals surface area contributed by atoms with E-state index < -0.39 is 81.6 Å². The number of benzene rings is 4. The number of aromatic nitrogens is 10. The molecular weight excluding hydrogens is 1220 g/mol. The van der Waals surface area contributed by atoms with Gasteiger partial charge in [-0.1, -0.05) is 45.0 Å². The summed E-state index contributed by atoms with van der Waals surface area (Å²) in [4.78, 5) is 40.0. The van der Waals surface area contributed by atoms with Gasteiger partial charge in [-0.05, 0) is 97.5 Å². The molecule has 2 saturated carbocycles. The molecule has 18 nitrogen and oxygen atoms in total. The number of aromatic carboxylic acids is 2. The molecule has 0 spiro atoms. The number of hydrogen-bond donors (Lipinski definition) is 2. The van der Waals surface area contributed by atoms with Gasteiger partial charge in [0.2, 0.25) is 24.6 Å². The fourth-order valence-electron chi connectivity index (χ4n) is 9.67. The van der Waals surface area contributed by atoms with Crippen LogP contribution in [-0.2, 0) is 39.1 Å². The highest BCUT2D eigenvalue weighted by atomic mass is 32.1. The summed E-state index contributed by atoms with van der Waals surface area (Å²) in [7, 11) is 2.91. The highest BCUT2D eigenvalue weighted by Gasteiger charge is 2.53. The van der Waals surface area contributed by atoms with Crippen molar-refractivity contribution in [1.29, 1.82) is 0 Å². The first-order chi connectivity index (χ1) is 42.1. The molecule has 456 valence electrons. The van der Waals surface area contributed by atoms with Crippen molar-refractivity contribution in [2.24, 2.45) is 10.8 Å². The van der Waals surface area contributed by atoms with E-state index in [0.29, 0.717) is 20.4 Å². The Morgan fingerprint density at radius 3 is 1.27 bits per heavy atom. The van der Waals surface area contributed by atoms with Crippen molar-refractivity contribution in [1.82, 2.24) is 49.5 Å². The van der Waals surface area contributed by atoms with Gasteiger partial charge in [0.25, 0.3) is 10.4 Å². The Hall–Kier alpha value is -9.32. The summed E-state index contributed by atoms with van der Waals surface area (Å²) in [5, 5.41) is 36.0. The SMILES string of the molecule is COc1nnc(COc2cccc(-c3cc(F)c(Cc4nc5c(F)cc(C(=O)O)cc5n4CC4(C(F)F)CC4)cc3F)n2)s1.COc1nnc(COc2cccc(-c3cc(F)c(Cc4nc5c(F)cc(C(=O)O)cc5n4CC4(C(F)F)CC4)cc3F)n2)s1. The number of ether oxygens (including phenoxy) is 4. The van der Waals surface area contributed by atoms with Crippen LogP contribution in [-0.4, -0.2) is 98.7 Å². The third-order valence-electron chi connectivity index (χ3n) is 14.8. The highest BCUT2D eigenvalue weighted by Crippen LogP contribution is 2.54. The third-order valence-corrected chi connectivity index (χ3v) is 16.5. The minimum absolute atomic E-state index is 0.0127. The lowest BCUT2D eigenvalue weighted by Crippen LogP contribution is -2.21. The zero-order valence-electron chi connectivity index (χ0n) is 45.7. The molecule has 0 aliphatic heterocycles. The van der Waals surface area contributed by atoms with Gasteiger partial charge in [-0.25, -0.2) is 73.4 Å². The molecule has 4 aromatic carbocycles. The van der Waals surface area contributed by atoms with Gasteiger partial charge in [0.15, 0.2) is 21.6 Å². The fourth-order valence-corrected chi connectivity index (χ4v) is 10.8. The second-order valence-electron chi connectivity index (χ2n) is 20.6. The van der Waals surface area contributed by atoms with Gasteiger partial charge in [0.05, 0.1) is 47.8 Å². The number of pyridine rings is 2. The predicted molar refractivity (Wildman–Crippen MR) is 295 cm³/mol. The topological polar surface area (TPSA) is 224 Å². The highest BCUT2D eigenvalue weighted by molar-refractivity contribution is 7.13. The smallest absolute Gasteiger partial charge is 0.335 e. The molecule has 12 rings (SSSR count). The van der Waals surface area contributed by atoms with Crippen LogP contribution in [0.2, 0.25) is 0 Å². The van der Waals surface area contributed by atoms with Gasteiger partial charge < -0.3 is 38.3 Å². The summed E-state index contributed by atoms with van der Waals surface area (Å²) < 4.78 is 171. The van der Waals surface area contributed by atoms with E-state index in [2.05, 4.69) is 40.3 Å². The molecule has 2 aliphatic carbocycles. The van der Waals surface area contributed by atoms with E-state index in [0.717, 1.165) is 48.5 Å². The number of fused-ring (bicyclic) bond motifs is 2. The Bertz CT molecular complexity index is 4050. The number of methoxy groups -OCH3 is 2. The first-order valence-electron chi connectivity index (χ1n) is 26.4. The van der Waals surface area contributed by atoms with Crippen LogP contribution in [0.15, 0.2) is 84.9 Å². The Labute approximate surface area is 498 Å².